The molecule has 2 aliphatic rings. The quantitative estimate of drug-likeness (QED) is 0.778. The Morgan fingerprint density at radius 2 is 2.33 bits per heavy atom. The lowest BCUT2D eigenvalue weighted by molar-refractivity contribution is -0.147. The SMILES string of the molecule is CC1(C(=O)O)CCN(C(=O)NCC2CCCO2)C1. The Hall–Kier alpha value is -1.30. The van der Waals surface area contributed by atoms with E-state index < -0.39 is 11.4 Å². The molecule has 2 unspecified atom stereocenters. The fourth-order valence-electron chi connectivity index (χ4n) is 2.43. The molecule has 102 valence electrons. The zero-order valence-corrected chi connectivity index (χ0v) is 10.6. The second-order valence-corrected chi connectivity index (χ2v) is 5.36. The first kappa shape index (κ1) is 13.1. The van der Waals surface area contributed by atoms with Crippen LogP contribution in [0.3, 0.4) is 0 Å². The van der Waals surface area contributed by atoms with Crippen molar-refractivity contribution in [3.8, 4) is 0 Å². The third-order valence-electron chi connectivity index (χ3n) is 3.78. The number of likely N-dealkylation sites (tertiary alicyclic amines) is 1. The lowest BCUT2D eigenvalue weighted by Gasteiger charge is -2.21. The van der Waals surface area contributed by atoms with Crippen molar-refractivity contribution in [2.45, 2.75) is 32.3 Å². The van der Waals surface area contributed by atoms with E-state index in [4.69, 9.17) is 9.84 Å². The fraction of sp³-hybridized carbons (Fsp3) is 0.833. The van der Waals surface area contributed by atoms with Crippen LogP contribution >= 0.6 is 0 Å². The molecule has 2 atom stereocenters. The number of hydrogen-bond donors (Lipinski definition) is 2. The molecular weight excluding hydrogens is 236 g/mol. The van der Waals surface area contributed by atoms with Crippen molar-refractivity contribution in [2.75, 3.05) is 26.2 Å². The van der Waals surface area contributed by atoms with Gasteiger partial charge in [-0.05, 0) is 26.2 Å². The Balaban J connectivity index is 1.78. The number of aliphatic carboxylic acids is 1. The third-order valence-corrected chi connectivity index (χ3v) is 3.78. The molecule has 2 amide bonds. The van der Waals surface area contributed by atoms with Gasteiger partial charge in [0.1, 0.15) is 0 Å². The average Bonchev–Trinajstić information content (AvgIpc) is 2.95. The van der Waals surface area contributed by atoms with Crippen molar-refractivity contribution in [3.63, 3.8) is 0 Å². The smallest absolute Gasteiger partial charge is 0.317 e. The van der Waals surface area contributed by atoms with E-state index >= 15 is 0 Å². The van der Waals surface area contributed by atoms with E-state index in [9.17, 15) is 9.59 Å². The average molecular weight is 256 g/mol. The van der Waals surface area contributed by atoms with Crippen LogP contribution in [0.25, 0.3) is 0 Å². The number of ether oxygens (including phenoxy) is 1. The summed E-state index contributed by atoms with van der Waals surface area (Å²) in [5.74, 6) is -0.836. The van der Waals surface area contributed by atoms with E-state index in [0.29, 0.717) is 19.5 Å². The molecule has 0 radical (unpaired) electrons. The second-order valence-electron chi connectivity index (χ2n) is 5.36. The maximum Gasteiger partial charge on any atom is 0.317 e. The number of urea groups is 1. The van der Waals surface area contributed by atoms with Crippen LogP contribution in [-0.4, -0.2) is 54.4 Å². The van der Waals surface area contributed by atoms with Gasteiger partial charge < -0.3 is 20.1 Å². The molecule has 6 heteroatoms. The van der Waals surface area contributed by atoms with Gasteiger partial charge in [-0.25, -0.2) is 4.79 Å². The van der Waals surface area contributed by atoms with Crippen LogP contribution in [0, 0.1) is 5.41 Å². The Labute approximate surface area is 106 Å². The third kappa shape index (κ3) is 2.75. The van der Waals surface area contributed by atoms with Gasteiger partial charge in [-0.3, -0.25) is 4.79 Å². The molecule has 2 rings (SSSR count). The first-order valence-electron chi connectivity index (χ1n) is 6.39. The molecule has 0 aromatic carbocycles. The molecule has 0 aromatic heterocycles. The van der Waals surface area contributed by atoms with Crippen LogP contribution in [0.1, 0.15) is 26.2 Å². The Morgan fingerprint density at radius 1 is 1.56 bits per heavy atom. The van der Waals surface area contributed by atoms with Gasteiger partial charge in [-0.2, -0.15) is 0 Å². The largest absolute Gasteiger partial charge is 0.481 e. The van der Waals surface area contributed by atoms with Gasteiger partial charge in [0.2, 0.25) is 0 Å². The summed E-state index contributed by atoms with van der Waals surface area (Å²) in [6.45, 7) is 3.74. The maximum atomic E-state index is 11.9. The van der Waals surface area contributed by atoms with Crippen LogP contribution in [0.2, 0.25) is 0 Å². The molecule has 0 spiro atoms. The molecule has 2 saturated heterocycles. The van der Waals surface area contributed by atoms with Crippen LogP contribution in [0.5, 0.6) is 0 Å². The number of hydrogen-bond acceptors (Lipinski definition) is 3. The Bertz CT molecular complexity index is 341. The van der Waals surface area contributed by atoms with Crippen molar-refractivity contribution in [2.24, 2.45) is 5.41 Å². The van der Waals surface area contributed by atoms with Gasteiger partial charge in [0.05, 0.1) is 11.5 Å². The molecule has 0 aromatic rings. The van der Waals surface area contributed by atoms with Crippen LogP contribution in [-0.2, 0) is 9.53 Å². The van der Waals surface area contributed by atoms with E-state index in [2.05, 4.69) is 5.32 Å². The summed E-state index contributed by atoms with van der Waals surface area (Å²) in [6, 6.07) is -0.185. The lowest BCUT2D eigenvalue weighted by Crippen LogP contribution is -2.43. The first-order chi connectivity index (χ1) is 8.51. The highest BCUT2D eigenvalue weighted by Crippen LogP contribution is 2.29. The summed E-state index contributed by atoms with van der Waals surface area (Å²) < 4.78 is 5.42. The highest BCUT2D eigenvalue weighted by atomic mass is 16.5. The lowest BCUT2D eigenvalue weighted by atomic mass is 9.90. The van der Waals surface area contributed by atoms with E-state index in [0.717, 1.165) is 19.4 Å². The van der Waals surface area contributed by atoms with Gasteiger partial charge in [0, 0.05) is 26.2 Å². The number of nitrogens with zero attached hydrogens (tertiary/aromatic N) is 1. The molecule has 2 aliphatic heterocycles. The van der Waals surface area contributed by atoms with Gasteiger partial charge in [0.15, 0.2) is 0 Å². The number of carbonyl (C=O) groups excluding carboxylic acids is 1. The zero-order valence-electron chi connectivity index (χ0n) is 10.6. The summed E-state index contributed by atoms with van der Waals surface area (Å²) in [5, 5.41) is 11.9. The zero-order chi connectivity index (χ0) is 13.2. The topological polar surface area (TPSA) is 78.9 Å². The van der Waals surface area contributed by atoms with E-state index in [-0.39, 0.29) is 18.7 Å². The predicted molar refractivity (Wildman–Crippen MR) is 64.3 cm³/mol. The molecule has 18 heavy (non-hydrogen) atoms. The Morgan fingerprint density at radius 3 is 2.89 bits per heavy atom. The summed E-state index contributed by atoms with van der Waals surface area (Å²) in [6.07, 6.45) is 2.65. The normalized spacial score (nSPS) is 31.6. The highest BCUT2D eigenvalue weighted by molar-refractivity contribution is 5.79. The van der Waals surface area contributed by atoms with Gasteiger partial charge in [0.25, 0.3) is 0 Å². The van der Waals surface area contributed by atoms with Gasteiger partial charge >= 0.3 is 12.0 Å². The minimum absolute atomic E-state index is 0.113. The van der Waals surface area contributed by atoms with Crippen molar-refractivity contribution < 1.29 is 19.4 Å². The minimum atomic E-state index is -0.836. The highest BCUT2D eigenvalue weighted by Gasteiger charge is 2.42. The van der Waals surface area contributed by atoms with Crippen LogP contribution < -0.4 is 5.32 Å². The number of amides is 2. The number of nitrogens with one attached hydrogen (secondary N) is 1. The molecule has 2 heterocycles. The van der Waals surface area contributed by atoms with Crippen molar-refractivity contribution in [1.29, 1.82) is 0 Å². The van der Waals surface area contributed by atoms with E-state index in [1.54, 1.807) is 11.8 Å². The van der Waals surface area contributed by atoms with E-state index in [1.165, 1.54) is 0 Å². The summed E-state index contributed by atoms with van der Waals surface area (Å²) in [5.41, 5.74) is -0.804. The van der Waals surface area contributed by atoms with Gasteiger partial charge in [-0.1, -0.05) is 0 Å². The second kappa shape index (κ2) is 5.14. The van der Waals surface area contributed by atoms with Crippen molar-refractivity contribution in [3.05, 3.63) is 0 Å². The predicted octanol–water partition coefficient (Wildman–Crippen LogP) is 0.672. The standard InChI is InChI=1S/C12H20N2O4/c1-12(10(15)16)4-5-14(8-12)11(17)13-7-9-3-2-6-18-9/h9H,2-8H2,1H3,(H,13,17)(H,15,16). The molecule has 0 aliphatic carbocycles. The summed E-state index contributed by atoms with van der Waals surface area (Å²) in [7, 11) is 0. The number of carbonyl (C=O) groups is 2. The first-order valence-corrected chi connectivity index (χ1v) is 6.39. The fourth-order valence-corrected chi connectivity index (χ4v) is 2.43. The molecule has 2 fully saturated rings. The summed E-state index contributed by atoms with van der Waals surface area (Å²) in [4.78, 5) is 24.5. The molecule has 0 bridgehead atoms. The molecule has 2 N–H and O–H groups in total. The Kier molecular flexibility index (Phi) is 3.75. The minimum Gasteiger partial charge on any atom is -0.481 e. The number of rotatable bonds is 3. The van der Waals surface area contributed by atoms with Crippen LogP contribution in [0.4, 0.5) is 4.79 Å². The number of carboxylic acid groups (broad SMARTS) is 1. The number of carboxylic acids is 1. The van der Waals surface area contributed by atoms with Crippen LogP contribution in [0.15, 0.2) is 0 Å². The molecule has 6 nitrogen and oxygen atoms in total. The van der Waals surface area contributed by atoms with E-state index in [1.807, 2.05) is 0 Å². The molecule has 0 saturated carbocycles. The van der Waals surface area contributed by atoms with Gasteiger partial charge in [-0.15, -0.1) is 0 Å². The maximum absolute atomic E-state index is 11.9. The summed E-state index contributed by atoms with van der Waals surface area (Å²) >= 11 is 0. The van der Waals surface area contributed by atoms with Crippen molar-refractivity contribution in [1.82, 2.24) is 10.2 Å². The monoisotopic (exact) mass is 256 g/mol. The molecular formula is C12H20N2O4. The van der Waals surface area contributed by atoms with Crippen molar-refractivity contribution >= 4 is 12.0 Å².